The van der Waals surface area contributed by atoms with Crippen molar-refractivity contribution in [2.24, 2.45) is 0 Å². The molecule has 0 saturated heterocycles. The van der Waals surface area contributed by atoms with E-state index in [1.807, 2.05) is 0 Å². The molecule has 0 fully saturated rings. The third-order valence-electron chi connectivity index (χ3n) is 4.35. The molecule has 0 amide bonds. The van der Waals surface area contributed by atoms with Crippen LogP contribution in [0.5, 0.6) is 11.5 Å². The van der Waals surface area contributed by atoms with Crippen molar-refractivity contribution in [3.8, 4) is 11.5 Å². The van der Waals surface area contributed by atoms with Crippen molar-refractivity contribution in [3.05, 3.63) is 66.4 Å². The van der Waals surface area contributed by atoms with Crippen LogP contribution in [0.15, 0.2) is 60.0 Å². The van der Waals surface area contributed by atoms with Crippen LogP contribution in [0.1, 0.15) is 11.3 Å². The largest absolute Gasteiger partial charge is 0.457 e. The second-order valence-electron chi connectivity index (χ2n) is 6.03. The van der Waals surface area contributed by atoms with Gasteiger partial charge in [-0.2, -0.15) is 4.31 Å². The molecule has 1 aliphatic heterocycles. The van der Waals surface area contributed by atoms with E-state index in [4.69, 9.17) is 10.5 Å². The first-order chi connectivity index (χ1) is 13.0. The molecule has 9 heteroatoms. The number of hydrogen-bond acceptors (Lipinski definition) is 7. The molecule has 8 nitrogen and oxygen atoms in total. The summed E-state index contributed by atoms with van der Waals surface area (Å²) in [6.45, 7) is 0.516. The number of sulfonamides is 1. The van der Waals surface area contributed by atoms with Crippen molar-refractivity contribution in [2.45, 2.75) is 17.9 Å². The summed E-state index contributed by atoms with van der Waals surface area (Å²) in [5.41, 5.74) is 7.32. The van der Waals surface area contributed by atoms with Crippen LogP contribution in [0.2, 0.25) is 0 Å². The monoisotopic (exact) mass is 383 g/mol. The smallest absolute Gasteiger partial charge is 0.243 e. The molecule has 138 valence electrons. The van der Waals surface area contributed by atoms with E-state index >= 15 is 0 Å². The van der Waals surface area contributed by atoms with Crippen LogP contribution in [-0.4, -0.2) is 34.2 Å². The number of nitrogens with two attached hydrogens (primary N) is 1. The van der Waals surface area contributed by atoms with Gasteiger partial charge in [-0.1, -0.05) is 0 Å². The topological polar surface area (TPSA) is 111 Å². The second kappa shape index (κ2) is 6.93. The summed E-state index contributed by atoms with van der Waals surface area (Å²) in [5.74, 6) is 1.59. The van der Waals surface area contributed by atoms with Crippen LogP contribution >= 0.6 is 0 Å². The second-order valence-corrected chi connectivity index (χ2v) is 7.97. The average Bonchev–Trinajstić information content (AvgIpc) is 2.69. The van der Waals surface area contributed by atoms with E-state index in [2.05, 4.69) is 15.0 Å². The van der Waals surface area contributed by atoms with Gasteiger partial charge in [-0.15, -0.1) is 0 Å². The van der Waals surface area contributed by atoms with Gasteiger partial charge in [-0.05, 0) is 42.8 Å². The van der Waals surface area contributed by atoms with Crippen LogP contribution in [0, 0.1) is 0 Å². The lowest BCUT2D eigenvalue weighted by Gasteiger charge is -2.27. The number of nitrogen functional groups attached to an aromatic ring is 1. The van der Waals surface area contributed by atoms with Gasteiger partial charge in [0.1, 0.15) is 23.6 Å². The van der Waals surface area contributed by atoms with Gasteiger partial charge < -0.3 is 10.5 Å². The first-order valence-corrected chi connectivity index (χ1v) is 9.74. The highest BCUT2D eigenvalue weighted by Gasteiger charge is 2.30. The molecular formula is C18H17N5O3S. The minimum atomic E-state index is -3.64. The van der Waals surface area contributed by atoms with Gasteiger partial charge in [0.15, 0.2) is 0 Å². The molecule has 0 radical (unpaired) electrons. The molecule has 3 heterocycles. The van der Waals surface area contributed by atoms with Crippen molar-refractivity contribution < 1.29 is 13.2 Å². The summed E-state index contributed by atoms with van der Waals surface area (Å²) >= 11 is 0. The number of benzene rings is 1. The molecule has 4 rings (SSSR count). The first-order valence-electron chi connectivity index (χ1n) is 8.30. The lowest BCUT2D eigenvalue weighted by atomic mass is 10.1. The van der Waals surface area contributed by atoms with Crippen molar-refractivity contribution in [2.75, 3.05) is 12.3 Å². The fraction of sp³-hybridized carbons (Fsp3) is 0.167. The summed E-state index contributed by atoms with van der Waals surface area (Å²) in [5, 5.41) is 0. The molecule has 3 aromatic rings. The summed E-state index contributed by atoms with van der Waals surface area (Å²) < 4.78 is 33.0. The van der Waals surface area contributed by atoms with Gasteiger partial charge in [-0.25, -0.2) is 18.4 Å². The van der Waals surface area contributed by atoms with Crippen LogP contribution in [0.25, 0.3) is 0 Å². The molecule has 0 spiro atoms. The summed E-state index contributed by atoms with van der Waals surface area (Å²) in [6, 6.07) is 9.79. The Hall–Kier alpha value is -3.04. The van der Waals surface area contributed by atoms with Crippen LogP contribution in [0.4, 0.5) is 5.82 Å². The standard InChI is InChI=1S/C18H17N5O3S/c19-18-16-7-10-23(11-17(16)21-12-22-18)27(24,25)15-3-1-13(2-4-15)26-14-5-8-20-9-6-14/h1-6,8-9,12H,7,10-11H2,(H2,19,21,22). The highest BCUT2D eigenvalue weighted by Crippen LogP contribution is 2.27. The van der Waals surface area contributed by atoms with Crippen molar-refractivity contribution in [1.29, 1.82) is 0 Å². The summed E-state index contributed by atoms with van der Waals surface area (Å²) in [7, 11) is -3.64. The number of rotatable bonds is 4. The molecule has 1 aromatic carbocycles. The van der Waals surface area contributed by atoms with E-state index in [0.29, 0.717) is 36.0 Å². The molecule has 0 aliphatic carbocycles. The number of aromatic nitrogens is 3. The number of ether oxygens (including phenoxy) is 1. The van der Waals surface area contributed by atoms with Gasteiger partial charge in [0.05, 0.1) is 17.1 Å². The number of anilines is 1. The quantitative estimate of drug-likeness (QED) is 0.733. The van der Waals surface area contributed by atoms with Crippen molar-refractivity contribution in [1.82, 2.24) is 19.3 Å². The lowest BCUT2D eigenvalue weighted by Crippen LogP contribution is -2.36. The Labute approximate surface area is 156 Å². The molecule has 0 bridgehead atoms. The van der Waals surface area contributed by atoms with E-state index in [-0.39, 0.29) is 11.4 Å². The Morgan fingerprint density at radius 1 is 1.00 bits per heavy atom. The zero-order valence-electron chi connectivity index (χ0n) is 14.3. The Balaban J connectivity index is 1.54. The van der Waals surface area contributed by atoms with E-state index in [1.165, 1.54) is 22.8 Å². The summed E-state index contributed by atoms with van der Waals surface area (Å²) in [6.07, 6.45) is 5.09. The maximum absolute atomic E-state index is 13.0. The van der Waals surface area contributed by atoms with E-state index in [9.17, 15) is 8.42 Å². The van der Waals surface area contributed by atoms with Crippen LogP contribution in [-0.2, 0) is 23.0 Å². The lowest BCUT2D eigenvalue weighted by molar-refractivity contribution is 0.385. The highest BCUT2D eigenvalue weighted by molar-refractivity contribution is 7.89. The molecule has 0 saturated carbocycles. The van der Waals surface area contributed by atoms with Gasteiger partial charge >= 0.3 is 0 Å². The van der Waals surface area contributed by atoms with E-state index in [1.54, 1.807) is 36.7 Å². The predicted molar refractivity (Wildman–Crippen MR) is 98.5 cm³/mol. The SMILES string of the molecule is Nc1ncnc2c1CCN(S(=O)(=O)c1ccc(Oc3ccncc3)cc1)C2. The Morgan fingerprint density at radius 2 is 1.70 bits per heavy atom. The normalized spacial score (nSPS) is 14.5. The molecular weight excluding hydrogens is 366 g/mol. The molecule has 1 aliphatic rings. The van der Waals surface area contributed by atoms with Gasteiger partial charge in [-0.3, -0.25) is 4.98 Å². The first kappa shape index (κ1) is 17.4. The minimum Gasteiger partial charge on any atom is -0.457 e. The number of fused-ring (bicyclic) bond motifs is 1. The van der Waals surface area contributed by atoms with Crippen molar-refractivity contribution in [3.63, 3.8) is 0 Å². The Morgan fingerprint density at radius 3 is 2.44 bits per heavy atom. The zero-order chi connectivity index (χ0) is 18.9. The molecule has 2 N–H and O–H groups in total. The molecule has 27 heavy (non-hydrogen) atoms. The van der Waals surface area contributed by atoms with E-state index < -0.39 is 10.0 Å². The molecule has 0 unspecified atom stereocenters. The molecule has 2 aromatic heterocycles. The van der Waals surface area contributed by atoms with Crippen LogP contribution in [0.3, 0.4) is 0 Å². The van der Waals surface area contributed by atoms with Gasteiger partial charge in [0.2, 0.25) is 10.0 Å². The average molecular weight is 383 g/mol. The van der Waals surface area contributed by atoms with Crippen LogP contribution < -0.4 is 10.5 Å². The fourth-order valence-electron chi connectivity index (χ4n) is 2.93. The van der Waals surface area contributed by atoms with Gasteiger partial charge in [0, 0.05) is 24.5 Å². The number of nitrogens with zero attached hydrogens (tertiary/aromatic N) is 4. The third-order valence-corrected chi connectivity index (χ3v) is 6.21. The van der Waals surface area contributed by atoms with Crippen molar-refractivity contribution >= 4 is 15.8 Å². The maximum atomic E-state index is 13.0. The Bertz CT molecular complexity index is 1060. The number of pyridine rings is 1. The Kier molecular flexibility index (Phi) is 4.46. The maximum Gasteiger partial charge on any atom is 0.243 e. The third kappa shape index (κ3) is 3.46. The number of hydrogen-bond donors (Lipinski definition) is 1. The minimum absolute atomic E-state index is 0.180. The fourth-order valence-corrected chi connectivity index (χ4v) is 4.33. The molecule has 0 atom stereocenters. The predicted octanol–water partition coefficient (Wildman–Crippen LogP) is 1.99. The van der Waals surface area contributed by atoms with E-state index in [0.717, 1.165) is 5.56 Å². The highest BCUT2D eigenvalue weighted by atomic mass is 32.2. The zero-order valence-corrected chi connectivity index (χ0v) is 15.1. The van der Waals surface area contributed by atoms with Gasteiger partial charge in [0.25, 0.3) is 0 Å². The summed E-state index contributed by atoms with van der Waals surface area (Å²) in [4.78, 5) is 12.3.